The highest BCUT2D eigenvalue weighted by molar-refractivity contribution is 8.13. The fraction of sp³-hybridized carbons (Fsp3) is 0.182. The number of nitrogens with zero attached hydrogens (tertiary/aromatic N) is 2. The Morgan fingerprint density at radius 1 is 1.28 bits per heavy atom. The van der Waals surface area contributed by atoms with Crippen molar-refractivity contribution in [2.24, 2.45) is 0 Å². The van der Waals surface area contributed by atoms with Gasteiger partial charge in [-0.1, -0.05) is 23.7 Å². The van der Waals surface area contributed by atoms with Gasteiger partial charge in [0.2, 0.25) is 0 Å². The number of halogens is 2. The summed E-state index contributed by atoms with van der Waals surface area (Å²) in [6.07, 6.45) is 0. The van der Waals surface area contributed by atoms with Gasteiger partial charge in [-0.25, -0.2) is 13.1 Å². The van der Waals surface area contributed by atoms with Crippen molar-refractivity contribution in [3.63, 3.8) is 0 Å². The van der Waals surface area contributed by atoms with Gasteiger partial charge in [-0.05, 0) is 31.5 Å². The Morgan fingerprint density at radius 3 is 2.44 bits per heavy atom. The van der Waals surface area contributed by atoms with Crippen LogP contribution in [-0.2, 0) is 9.05 Å². The molecule has 0 atom stereocenters. The van der Waals surface area contributed by atoms with Crippen LogP contribution < -0.4 is 0 Å². The summed E-state index contributed by atoms with van der Waals surface area (Å²) in [5.74, 6) is 0. The molecule has 0 unspecified atom stereocenters. The zero-order valence-corrected chi connectivity index (χ0v) is 12.0. The van der Waals surface area contributed by atoms with Crippen molar-refractivity contribution in [2.75, 3.05) is 0 Å². The summed E-state index contributed by atoms with van der Waals surface area (Å²) in [5, 5.41) is 4.10. The predicted molar refractivity (Wildman–Crippen MR) is 71.1 cm³/mol. The molecule has 0 saturated carbocycles. The number of benzene rings is 1. The first kappa shape index (κ1) is 13.4. The summed E-state index contributed by atoms with van der Waals surface area (Å²) < 4.78 is 24.2. The van der Waals surface area contributed by atoms with Gasteiger partial charge in [0, 0.05) is 10.7 Å². The minimum atomic E-state index is -3.90. The Labute approximate surface area is 115 Å². The van der Waals surface area contributed by atoms with Crippen LogP contribution in [-0.4, -0.2) is 18.2 Å². The van der Waals surface area contributed by atoms with Gasteiger partial charge < -0.3 is 0 Å². The standard InChI is InChI=1S/C11H10Cl2N2O2S/c1-7-4-3-5-9(6-7)15-11(12)10(8(2)14-15)18(13,16)17/h3-6H,1-2H3. The maximum Gasteiger partial charge on any atom is 0.266 e. The van der Waals surface area contributed by atoms with Crippen LogP contribution in [0.15, 0.2) is 29.2 Å². The average Bonchev–Trinajstić information content (AvgIpc) is 2.53. The molecule has 18 heavy (non-hydrogen) atoms. The summed E-state index contributed by atoms with van der Waals surface area (Å²) in [5.41, 5.74) is 1.98. The molecule has 0 N–H and O–H groups in total. The normalized spacial score (nSPS) is 11.8. The number of hydrogen-bond donors (Lipinski definition) is 0. The van der Waals surface area contributed by atoms with E-state index in [4.69, 9.17) is 22.3 Å². The quantitative estimate of drug-likeness (QED) is 0.801. The first-order valence-corrected chi connectivity index (χ1v) is 7.76. The van der Waals surface area contributed by atoms with Crippen molar-refractivity contribution in [1.82, 2.24) is 9.78 Å². The molecule has 0 aliphatic heterocycles. The molecule has 1 aromatic heterocycles. The second kappa shape index (κ2) is 4.57. The van der Waals surface area contributed by atoms with Crippen molar-refractivity contribution in [2.45, 2.75) is 18.7 Å². The highest BCUT2D eigenvalue weighted by atomic mass is 35.7. The van der Waals surface area contributed by atoms with Crippen LogP contribution in [0.5, 0.6) is 0 Å². The number of aryl methyl sites for hydroxylation is 2. The molecule has 1 aromatic carbocycles. The van der Waals surface area contributed by atoms with E-state index in [-0.39, 0.29) is 15.7 Å². The van der Waals surface area contributed by atoms with Crippen LogP contribution in [0.1, 0.15) is 11.3 Å². The topological polar surface area (TPSA) is 52.0 Å². The lowest BCUT2D eigenvalue weighted by molar-refractivity contribution is 0.609. The number of aromatic nitrogens is 2. The van der Waals surface area contributed by atoms with Crippen LogP contribution in [0.4, 0.5) is 0 Å². The fourth-order valence-electron chi connectivity index (χ4n) is 1.69. The van der Waals surface area contributed by atoms with E-state index in [0.717, 1.165) is 5.56 Å². The molecule has 0 spiro atoms. The summed E-state index contributed by atoms with van der Waals surface area (Å²) in [6.45, 7) is 3.47. The molecule has 2 rings (SSSR count). The molecular weight excluding hydrogens is 295 g/mol. The molecule has 0 fully saturated rings. The minimum absolute atomic E-state index is 0.00639. The molecule has 0 aliphatic carbocycles. The maximum absolute atomic E-state index is 11.4. The summed E-state index contributed by atoms with van der Waals surface area (Å²) in [6, 6.07) is 7.40. The number of rotatable bonds is 2. The lowest BCUT2D eigenvalue weighted by Crippen LogP contribution is -1.97. The molecule has 7 heteroatoms. The van der Waals surface area contributed by atoms with Crippen molar-refractivity contribution >= 4 is 31.3 Å². The summed E-state index contributed by atoms with van der Waals surface area (Å²) in [4.78, 5) is -0.146. The number of hydrogen-bond acceptors (Lipinski definition) is 3. The highest BCUT2D eigenvalue weighted by Crippen LogP contribution is 2.30. The molecule has 0 radical (unpaired) electrons. The largest absolute Gasteiger partial charge is 0.266 e. The van der Waals surface area contributed by atoms with Gasteiger partial charge >= 0.3 is 0 Å². The second-order valence-corrected chi connectivity index (χ2v) is 6.75. The van der Waals surface area contributed by atoms with Gasteiger partial charge in [-0.3, -0.25) is 0 Å². The molecule has 96 valence electrons. The van der Waals surface area contributed by atoms with Crippen LogP contribution in [0.25, 0.3) is 5.69 Å². The van der Waals surface area contributed by atoms with E-state index in [0.29, 0.717) is 5.69 Å². The Kier molecular flexibility index (Phi) is 3.40. The maximum atomic E-state index is 11.4. The Hall–Kier alpha value is -1.04. The SMILES string of the molecule is Cc1cccc(-n2nc(C)c(S(=O)(=O)Cl)c2Cl)c1. The van der Waals surface area contributed by atoms with Crippen molar-refractivity contribution in [1.29, 1.82) is 0 Å². The van der Waals surface area contributed by atoms with Crippen molar-refractivity contribution < 1.29 is 8.42 Å². The molecule has 0 saturated heterocycles. The smallest absolute Gasteiger partial charge is 0.221 e. The lowest BCUT2D eigenvalue weighted by atomic mass is 10.2. The zero-order valence-electron chi connectivity index (χ0n) is 9.68. The molecule has 0 amide bonds. The van der Waals surface area contributed by atoms with Gasteiger partial charge in [-0.2, -0.15) is 5.10 Å². The molecule has 1 heterocycles. The van der Waals surface area contributed by atoms with Gasteiger partial charge in [0.25, 0.3) is 9.05 Å². The van der Waals surface area contributed by atoms with Crippen LogP contribution >= 0.6 is 22.3 Å². The van der Waals surface area contributed by atoms with Gasteiger partial charge in [0.1, 0.15) is 4.90 Å². The minimum Gasteiger partial charge on any atom is -0.221 e. The van der Waals surface area contributed by atoms with E-state index in [1.165, 1.54) is 4.68 Å². The summed E-state index contributed by atoms with van der Waals surface area (Å²) in [7, 11) is 1.43. The Morgan fingerprint density at radius 2 is 1.94 bits per heavy atom. The van der Waals surface area contributed by atoms with Gasteiger partial charge in [0.15, 0.2) is 5.15 Å². The average molecular weight is 305 g/mol. The first-order valence-electron chi connectivity index (χ1n) is 5.07. The zero-order chi connectivity index (χ0) is 13.5. The Balaban J connectivity index is 2.69. The van der Waals surface area contributed by atoms with E-state index in [2.05, 4.69) is 5.10 Å². The third kappa shape index (κ3) is 2.39. The van der Waals surface area contributed by atoms with Crippen molar-refractivity contribution in [3.8, 4) is 5.69 Å². The van der Waals surface area contributed by atoms with E-state index in [1.54, 1.807) is 13.0 Å². The second-order valence-electron chi connectivity index (χ2n) is 3.89. The molecule has 2 aromatic rings. The fourth-order valence-corrected chi connectivity index (χ4v) is 3.62. The lowest BCUT2D eigenvalue weighted by Gasteiger charge is -2.03. The van der Waals surface area contributed by atoms with E-state index in [1.807, 2.05) is 25.1 Å². The molecule has 0 aliphatic rings. The molecular formula is C11H10Cl2N2O2S. The Bertz CT molecular complexity index is 708. The van der Waals surface area contributed by atoms with Crippen LogP contribution in [0.3, 0.4) is 0 Å². The van der Waals surface area contributed by atoms with E-state index >= 15 is 0 Å². The van der Waals surface area contributed by atoms with Crippen LogP contribution in [0.2, 0.25) is 5.15 Å². The third-order valence-electron chi connectivity index (χ3n) is 2.44. The summed E-state index contributed by atoms with van der Waals surface area (Å²) >= 11 is 6.04. The monoisotopic (exact) mass is 304 g/mol. The van der Waals surface area contributed by atoms with E-state index in [9.17, 15) is 8.42 Å². The molecule has 0 bridgehead atoms. The van der Waals surface area contributed by atoms with Gasteiger partial charge in [-0.15, -0.1) is 0 Å². The first-order chi connectivity index (χ1) is 8.30. The predicted octanol–water partition coefficient (Wildman–Crippen LogP) is 3.07. The third-order valence-corrected chi connectivity index (χ3v) is 4.34. The van der Waals surface area contributed by atoms with Crippen molar-refractivity contribution in [3.05, 3.63) is 40.7 Å². The highest BCUT2D eigenvalue weighted by Gasteiger charge is 2.24. The van der Waals surface area contributed by atoms with Crippen LogP contribution in [0, 0.1) is 13.8 Å². The molecule has 4 nitrogen and oxygen atoms in total. The van der Waals surface area contributed by atoms with Gasteiger partial charge in [0.05, 0.1) is 11.4 Å². The van der Waals surface area contributed by atoms with E-state index < -0.39 is 9.05 Å².